The Balaban J connectivity index is 3.28. The van der Waals surface area contributed by atoms with E-state index in [2.05, 4.69) is 0 Å². The molecule has 0 aliphatic heterocycles. The molecular weight excluding hydrogens is 140 g/mol. The summed E-state index contributed by atoms with van der Waals surface area (Å²) in [6, 6.07) is 7.35. The van der Waals surface area contributed by atoms with Gasteiger partial charge in [-0.3, -0.25) is 0 Å². The molecule has 0 radical (unpaired) electrons. The first-order valence-corrected chi connectivity index (χ1v) is 2.88. The fourth-order valence-electron chi connectivity index (χ4n) is 0.728. The van der Waals surface area contributed by atoms with E-state index in [1.54, 1.807) is 12.1 Å². The van der Waals surface area contributed by atoms with Gasteiger partial charge in [0.2, 0.25) is 0 Å². The van der Waals surface area contributed by atoms with E-state index in [-0.39, 0.29) is 16.9 Å². The zero-order chi connectivity index (χ0) is 8.27. The normalized spacial score (nSPS) is 8.18. The van der Waals surface area contributed by atoms with Crippen molar-refractivity contribution in [2.45, 2.75) is 0 Å². The maximum atomic E-state index is 10.7. The van der Waals surface area contributed by atoms with Gasteiger partial charge in [0.1, 0.15) is 0 Å². The lowest BCUT2D eigenvalue weighted by molar-refractivity contribution is -0.268. The molecule has 52 valence electrons. The van der Waals surface area contributed by atoms with Crippen LogP contribution in [0, 0.1) is 22.7 Å². The van der Waals surface area contributed by atoms with Gasteiger partial charge in [-0.05, 0) is 6.07 Å². The van der Waals surface area contributed by atoms with Gasteiger partial charge in [-0.25, -0.2) is 0 Å². The van der Waals surface area contributed by atoms with Crippen molar-refractivity contribution in [2.75, 3.05) is 0 Å². The average Bonchev–Trinajstić information content (AvgIpc) is 2.03. The highest BCUT2D eigenvalue weighted by atomic mass is 16.3. The molecule has 0 N–H and O–H groups in total. The topological polar surface area (TPSA) is 70.6 Å². The van der Waals surface area contributed by atoms with Crippen LogP contribution in [0.2, 0.25) is 0 Å². The van der Waals surface area contributed by atoms with Crippen molar-refractivity contribution in [1.29, 1.82) is 10.5 Å². The molecule has 1 aromatic carbocycles. The first-order chi connectivity index (χ1) is 5.26. The van der Waals surface area contributed by atoms with E-state index in [0.717, 1.165) is 0 Å². The summed E-state index contributed by atoms with van der Waals surface area (Å²) in [7, 11) is 0. The molecule has 3 heteroatoms. The minimum atomic E-state index is -0.305. The Morgan fingerprint density at radius 1 is 1.00 bits per heavy atom. The molecule has 0 unspecified atom stereocenters. The molecule has 0 amide bonds. The van der Waals surface area contributed by atoms with Gasteiger partial charge in [0.15, 0.2) is 0 Å². The predicted molar refractivity (Wildman–Crippen MR) is 35.3 cm³/mol. The molecule has 1 aromatic rings. The first kappa shape index (κ1) is 7.11. The molecule has 11 heavy (non-hydrogen) atoms. The van der Waals surface area contributed by atoms with Crippen LogP contribution in [0.1, 0.15) is 11.1 Å². The van der Waals surface area contributed by atoms with Crippen LogP contribution >= 0.6 is 0 Å². The molecule has 0 saturated heterocycles. The van der Waals surface area contributed by atoms with Gasteiger partial charge >= 0.3 is 0 Å². The lowest BCUT2D eigenvalue weighted by Crippen LogP contribution is -1.91. The predicted octanol–water partition coefficient (Wildman–Crippen LogP) is 0.504. The third-order valence-corrected chi connectivity index (χ3v) is 1.16. The van der Waals surface area contributed by atoms with E-state index < -0.39 is 0 Å². The van der Waals surface area contributed by atoms with Crippen LogP contribution in [-0.4, -0.2) is 0 Å². The van der Waals surface area contributed by atoms with Crippen LogP contribution in [0.4, 0.5) is 0 Å². The SMILES string of the molecule is N#Cc1cc([O-])cc(C#N)c1. The smallest absolute Gasteiger partial charge is 0.0991 e. The Labute approximate surface area is 63.7 Å². The first-order valence-electron chi connectivity index (χ1n) is 2.88. The number of nitriles is 2. The standard InChI is InChI=1S/C8H4N2O/c9-4-6-1-7(5-10)3-8(11)2-6/h1-3,11H/p-1. The Bertz CT molecular complexity index is 325. The minimum Gasteiger partial charge on any atom is -0.872 e. The second-order valence-electron chi connectivity index (χ2n) is 1.97. The van der Waals surface area contributed by atoms with E-state index in [1.165, 1.54) is 18.2 Å². The zero-order valence-electron chi connectivity index (χ0n) is 5.53. The summed E-state index contributed by atoms with van der Waals surface area (Å²) in [4.78, 5) is 0. The summed E-state index contributed by atoms with van der Waals surface area (Å²) in [6.07, 6.45) is 0. The molecule has 0 fully saturated rings. The van der Waals surface area contributed by atoms with Crippen LogP contribution < -0.4 is 5.11 Å². The van der Waals surface area contributed by atoms with Crippen LogP contribution in [0.15, 0.2) is 18.2 Å². The highest BCUT2D eigenvalue weighted by Gasteiger charge is 1.92. The molecule has 3 nitrogen and oxygen atoms in total. The summed E-state index contributed by atoms with van der Waals surface area (Å²) in [6.45, 7) is 0. The van der Waals surface area contributed by atoms with Crippen molar-refractivity contribution in [3.8, 4) is 17.9 Å². The molecular formula is C8H3N2O-. The van der Waals surface area contributed by atoms with Gasteiger partial charge in [-0.2, -0.15) is 10.5 Å². The van der Waals surface area contributed by atoms with E-state index in [1.807, 2.05) is 0 Å². The van der Waals surface area contributed by atoms with Crippen molar-refractivity contribution in [3.05, 3.63) is 29.3 Å². The van der Waals surface area contributed by atoms with Gasteiger partial charge in [-0.15, -0.1) is 5.75 Å². The maximum absolute atomic E-state index is 10.7. The molecule has 0 aromatic heterocycles. The molecule has 0 spiro atoms. The van der Waals surface area contributed by atoms with Crippen molar-refractivity contribution < 1.29 is 5.11 Å². The summed E-state index contributed by atoms with van der Waals surface area (Å²) < 4.78 is 0. The molecule has 0 heterocycles. The zero-order valence-corrected chi connectivity index (χ0v) is 5.53. The van der Waals surface area contributed by atoms with Crippen molar-refractivity contribution in [3.63, 3.8) is 0 Å². The largest absolute Gasteiger partial charge is 0.872 e. The number of hydrogen-bond donors (Lipinski definition) is 0. The average molecular weight is 143 g/mol. The lowest BCUT2D eigenvalue weighted by Gasteiger charge is -2.03. The van der Waals surface area contributed by atoms with E-state index in [0.29, 0.717) is 0 Å². The minimum absolute atomic E-state index is 0.231. The number of nitrogens with zero attached hydrogens (tertiary/aromatic N) is 2. The molecule has 0 saturated carbocycles. The summed E-state index contributed by atoms with van der Waals surface area (Å²) in [5, 5.41) is 27.5. The van der Waals surface area contributed by atoms with Crippen LogP contribution in [0.5, 0.6) is 5.75 Å². The van der Waals surface area contributed by atoms with E-state index in [4.69, 9.17) is 10.5 Å². The fourth-order valence-corrected chi connectivity index (χ4v) is 0.728. The molecule has 0 atom stereocenters. The second kappa shape index (κ2) is 2.72. The van der Waals surface area contributed by atoms with Gasteiger partial charge in [0.25, 0.3) is 0 Å². The molecule has 0 aliphatic carbocycles. The van der Waals surface area contributed by atoms with Gasteiger partial charge in [0, 0.05) is 0 Å². The fraction of sp³-hybridized carbons (Fsp3) is 0. The number of hydrogen-bond acceptors (Lipinski definition) is 3. The highest BCUT2D eigenvalue weighted by molar-refractivity contribution is 5.44. The monoisotopic (exact) mass is 143 g/mol. The van der Waals surface area contributed by atoms with Crippen LogP contribution in [0.3, 0.4) is 0 Å². The number of benzene rings is 1. The van der Waals surface area contributed by atoms with Crippen LogP contribution in [-0.2, 0) is 0 Å². The second-order valence-corrected chi connectivity index (χ2v) is 1.97. The quantitative estimate of drug-likeness (QED) is 0.531. The third-order valence-electron chi connectivity index (χ3n) is 1.16. The summed E-state index contributed by atoms with van der Waals surface area (Å²) in [5.74, 6) is -0.305. The molecule has 0 aliphatic rings. The third kappa shape index (κ3) is 1.47. The Kier molecular flexibility index (Phi) is 1.76. The highest BCUT2D eigenvalue weighted by Crippen LogP contribution is 2.11. The van der Waals surface area contributed by atoms with Gasteiger partial charge in [0.05, 0.1) is 23.3 Å². The van der Waals surface area contributed by atoms with Gasteiger partial charge < -0.3 is 5.11 Å². The van der Waals surface area contributed by atoms with E-state index >= 15 is 0 Å². The van der Waals surface area contributed by atoms with Crippen molar-refractivity contribution in [2.24, 2.45) is 0 Å². The number of rotatable bonds is 0. The van der Waals surface area contributed by atoms with Crippen molar-refractivity contribution in [1.82, 2.24) is 0 Å². The van der Waals surface area contributed by atoms with Crippen LogP contribution in [0.25, 0.3) is 0 Å². The summed E-state index contributed by atoms with van der Waals surface area (Å²) in [5.41, 5.74) is 0.461. The van der Waals surface area contributed by atoms with E-state index in [9.17, 15) is 5.11 Å². The van der Waals surface area contributed by atoms with Gasteiger partial charge in [-0.1, -0.05) is 12.1 Å². The van der Waals surface area contributed by atoms with Crippen molar-refractivity contribution >= 4 is 0 Å². The lowest BCUT2D eigenvalue weighted by atomic mass is 10.1. The Morgan fingerprint density at radius 2 is 1.45 bits per heavy atom. The maximum Gasteiger partial charge on any atom is 0.0991 e. The Morgan fingerprint density at radius 3 is 1.82 bits per heavy atom. The molecule has 1 rings (SSSR count). The summed E-state index contributed by atoms with van der Waals surface area (Å²) >= 11 is 0. The molecule has 0 bridgehead atoms. The Hall–Kier alpha value is -2.00.